The zero-order valence-electron chi connectivity index (χ0n) is 14.8. The number of hydrogen-bond donors (Lipinski definition) is 0. The quantitative estimate of drug-likeness (QED) is 0.601. The number of aryl methyl sites for hydroxylation is 1. The Balaban J connectivity index is 1.81. The highest BCUT2D eigenvalue weighted by Gasteiger charge is 2.40. The van der Waals surface area contributed by atoms with Crippen LogP contribution in [0.25, 0.3) is 5.57 Å². The fourth-order valence-corrected chi connectivity index (χ4v) is 4.01. The molecule has 0 saturated heterocycles. The average Bonchev–Trinajstić information content (AvgIpc) is 2.94. The topological polar surface area (TPSA) is 37.4 Å². The van der Waals surface area contributed by atoms with Crippen molar-refractivity contribution in [2.75, 3.05) is 4.90 Å². The van der Waals surface area contributed by atoms with Crippen LogP contribution < -0.4 is 4.90 Å². The Hall–Kier alpha value is -3.11. The summed E-state index contributed by atoms with van der Waals surface area (Å²) in [5.41, 5.74) is 2.87. The van der Waals surface area contributed by atoms with Gasteiger partial charge in [-0.25, -0.2) is 4.90 Å². The molecule has 0 fully saturated rings. The summed E-state index contributed by atoms with van der Waals surface area (Å²) < 4.78 is 0. The number of nitrogens with zero attached hydrogens (tertiary/aromatic N) is 1. The van der Waals surface area contributed by atoms with Gasteiger partial charge in [-0.05, 0) is 36.8 Å². The van der Waals surface area contributed by atoms with Crippen LogP contribution in [0.3, 0.4) is 0 Å². The van der Waals surface area contributed by atoms with Gasteiger partial charge < -0.3 is 0 Å². The molecule has 0 radical (unpaired) electrons. The average molecular weight is 371 g/mol. The first kappa shape index (κ1) is 17.3. The highest BCUT2D eigenvalue weighted by Crippen LogP contribution is 2.41. The van der Waals surface area contributed by atoms with E-state index in [1.165, 1.54) is 16.7 Å². The molecule has 0 aromatic heterocycles. The Kier molecular flexibility index (Phi) is 4.65. The molecule has 27 heavy (non-hydrogen) atoms. The van der Waals surface area contributed by atoms with Gasteiger partial charge >= 0.3 is 0 Å². The maximum Gasteiger partial charge on any atom is 0.272 e. The number of carbonyl (C=O) groups excluding carboxylic acids is 2. The first-order valence-corrected chi connectivity index (χ1v) is 9.45. The van der Waals surface area contributed by atoms with E-state index in [0.29, 0.717) is 16.2 Å². The summed E-state index contributed by atoms with van der Waals surface area (Å²) in [6, 6.07) is 26.4. The van der Waals surface area contributed by atoms with Crippen molar-refractivity contribution in [3.63, 3.8) is 0 Å². The highest BCUT2D eigenvalue weighted by molar-refractivity contribution is 8.04. The Morgan fingerprint density at radius 1 is 0.704 bits per heavy atom. The number of benzene rings is 3. The summed E-state index contributed by atoms with van der Waals surface area (Å²) >= 11 is 1.34. The van der Waals surface area contributed by atoms with Crippen LogP contribution >= 0.6 is 11.8 Å². The fraction of sp³-hybridized carbons (Fsp3) is 0.0435. The lowest BCUT2D eigenvalue weighted by Gasteiger charge is -2.15. The molecule has 3 nitrogen and oxygen atoms in total. The molecule has 1 heterocycles. The molecule has 1 aliphatic heterocycles. The molecule has 3 aromatic rings. The van der Waals surface area contributed by atoms with Crippen LogP contribution in [0.1, 0.15) is 11.1 Å². The van der Waals surface area contributed by atoms with E-state index in [1.807, 2.05) is 91.9 Å². The van der Waals surface area contributed by atoms with Gasteiger partial charge in [0.05, 0.1) is 16.2 Å². The van der Waals surface area contributed by atoms with Crippen LogP contribution in [0.5, 0.6) is 0 Å². The van der Waals surface area contributed by atoms with Gasteiger partial charge in [0.2, 0.25) is 0 Å². The van der Waals surface area contributed by atoms with Crippen LogP contribution in [0.2, 0.25) is 0 Å². The van der Waals surface area contributed by atoms with Gasteiger partial charge in [0.1, 0.15) is 0 Å². The second kappa shape index (κ2) is 7.25. The zero-order chi connectivity index (χ0) is 18.8. The summed E-state index contributed by atoms with van der Waals surface area (Å²) in [4.78, 5) is 29.1. The minimum absolute atomic E-state index is 0.281. The van der Waals surface area contributed by atoms with Gasteiger partial charge in [0.25, 0.3) is 11.8 Å². The molecular formula is C23H17NO2S. The summed E-state index contributed by atoms with van der Waals surface area (Å²) in [7, 11) is 0. The molecule has 4 heteroatoms. The maximum atomic E-state index is 13.2. The molecule has 3 aromatic carbocycles. The van der Waals surface area contributed by atoms with Crippen LogP contribution in [-0.4, -0.2) is 11.8 Å². The Morgan fingerprint density at radius 2 is 1.30 bits per heavy atom. The van der Waals surface area contributed by atoms with E-state index in [2.05, 4.69) is 0 Å². The van der Waals surface area contributed by atoms with Gasteiger partial charge in [0.15, 0.2) is 0 Å². The van der Waals surface area contributed by atoms with Crippen molar-refractivity contribution < 1.29 is 9.59 Å². The summed E-state index contributed by atoms with van der Waals surface area (Å²) in [6.07, 6.45) is 0. The molecule has 0 N–H and O–H groups in total. The number of carbonyl (C=O) groups is 2. The van der Waals surface area contributed by atoms with Crippen molar-refractivity contribution in [1.82, 2.24) is 0 Å². The molecule has 0 aliphatic carbocycles. The SMILES string of the molecule is Cc1ccc(N2C(=O)C(Sc3ccccc3)=C(c3ccccc3)C2=O)cc1. The van der Waals surface area contributed by atoms with Gasteiger partial charge in [-0.2, -0.15) is 0 Å². The molecule has 0 spiro atoms. The van der Waals surface area contributed by atoms with Gasteiger partial charge in [-0.3, -0.25) is 9.59 Å². The zero-order valence-corrected chi connectivity index (χ0v) is 15.6. The third-order valence-corrected chi connectivity index (χ3v) is 5.45. The second-order valence-corrected chi connectivity index (χ2v) is 7.35. The van der Waals surface area contributed by atoms with Gasteiger partial charge in [-0.1, -0.05) is 78.0 Å². The lowest BCUT2D eigenvalue weighted by atomic mass is 10.1. The van der Waals surface area contributed by atoms with Crippen molar-refractivity contribution in [1.29, 1.82) is 0 Å². The van der Waals surface area contributed by atoms with Crippen molar-refractivity contribution in [3.05, 3.63) is 101 Å². The summed E-state index contributed by atoms with van der Waals surface area (Å²) in [6.45, 7) is 1.97. The van der Waals surface area contributed by atoms with Crippen LogP contribution in [0.15, 0.2) is 94.7 Å². The van der Waals surface area contributed by atoms with E-state index in [-0.39, 0.29) is 11.8 Å². The molecule has 0 unspecified atom stereocenters. The van der Waals surface area contributed by atoms with Gasteiger partial charge in [-0.15, -0.1) is 0 Å². The maximum absolute atomic E-state index is 13.2. The Labute approximate surface area is 162 Å². The van der Waals surface area contributed by atoms with E-state index >= 15 is 0 Å². The molecular weight excluding hydrogens is 354 g/mol. The van der Waals surface area contributed by atoms with E-state index < -0.39 is 0 Å². The van der Waals surface area contributed by atoms with Crippen LogP contribution in [0, 0.1) is 6.92 Å². The third kappa shape index (κ3) is 3.32. The van der Waals surface area contributed by atoms with E-state index in [4.69, 9.17) is 0 Å². The fourth-order valence-electron chi connectivity index (χ4n) is 3.00. The number of rotatable bonds is 4. The predicted octanol–water partition coefficient (Wildman–Crippen LogP) is 5.07. The summed E-state index contributed by atoms with van der Waals surface area (Å²) in [5, 5.41) is 0. The molecule has 0 saturated carbocycles. The third-order valence-electron chi connectivity index (χ3n) is 4.36. The molecule has 2 amide bonds. The van der Waals surface area contributed by atoms with Crippen LogP contribution in [-0.2, 0) is 9.59 Å². The highest BCUT2D eigenvalue weighted by atomic mass is 32.2. The number of amides is 2. The lowest BCUT2D eigenvalue weighted by Crippen LogP contribution is -2.31. The molecule has 1 aliphatic rings. The number of imide groups is 1. The summed E-state index contributed by atoms with van der Waals surface area (Å²) in [5.74, 6) is -0.565. The molecule has 4 rings (SSSR count). The Morgan fingerprint density at radius 3 is 1.93 bits per heavy atom. The lowest BCUT2D eigenvalue weighted by molar-refractivity contribution is -0.119. The van der Waals surface area contributed by atoms with Crippen LogP contribution in [0.4, 0.5) is 5.69 Å². The first-order valence-electron chi connectivity index (χ1n) is 8.63. The Bertz CT molecular complexity index is 1020. The van der Waals surface area contributed by atoms with Crippen molar-refractivity contribution >= 4 is 34.8 Å². The monoisotopic (exact) mass is 371 g/mol. The minimum Gasteiger partial charge on any atom is -0.268 e. The van der Waals surface area contributed by atoms with Crippen molar-refractivity contribution in [2.24, 2.45) is 0 Å². The van der Waals surface area contributed by atoms with Crippen molar-refractivity contribution in [2.45, 2.75) is 11.8 Å². The minimum atomic E-state index is -0.284. The molecule has 132 valence electrons. The van der Waals surface area contributed by atoms with Crippen molar-refractivity contribution in [3.8, 4) is 0 Å². The first-order chi connectivity index (χ1) is 13.1. The van der Waals surface area contributed by atoms with E-state index in [1.54, 1.807) is 0 Å². The molecule has 0 atom stereocenters. The largest absolute Gasteiger partial charge is 0.272 e. The van der Waals surface area contributed by atoms with E-state index in [9.17, 15) is 9.59 Å². The van der Waals surface area contributed by atoms with Gasteiger partial charge in [0, 0.05) is 4.90 Å². The van der Waals surface area contributed by atoms with E-state index in [0.717, 1.165) is 16.0 Å². The predicted molar refractivity (Wildman–Crippen MR) is 109 cm³/mol. The normalized spacial score (nSPS) is 14.2. The molecule has 0 bridgehead atoms. The number of hydrogen-bond acceptors (Lipinski definition) is 3. The second-order valence-electron chi connectivity index (χ2n) is 6.27. The smallest absolute Gasteiger partial charge is 0.268 e. The standard InChI is InChI=1S/C23H17NO2S/c1-16-12-14-18(15-13-16)24-22(25)20(17-8-4-2-5-9-17)21(23(24)26)27-19-10-6-3-7-11-19/h2-15H,1H3. The number of anilines is 1. The number of thioether (sulfide) groups is 1.